The van der Waals surface area contributed by atoms with Crippen LogP contribution in [0.2, 0.25) is 0 Å². The molecule has 0 aromatic heterocycles. The van der Waals surface area contributed by atoms with Crippen molar-refractivity contribution in [1.29, 1.82) is 0 Å². The first-order chi connectivity index (χ1) is 7.57. The van der Waals surface area contributed by atoms with Crippen molar-refractivity contribution in [1.82, 2.24) is 5.32 Å². The molecule has 3 nitrogen and oxygen atoms in total. The maximum atomic E-state index is 5.55. The third kappa shape index (κ3) is 3.14. The van der Waals surface area contributed by atoms with Crippen LogP contribution in [0.4, 0.5) is 0 Å². The number of nitrogens with one attached hydrogen (secondary N) is 1. The molecule has 0 aliphatic carbocycles. The Bertz CT molecular complexity index is 278. The molecule has 2 aliphatic rings. The van der Waals surface area contributed by atoms with E-state index in [9.17, 15) is 0 Å². The fourth-order valence-corrected chi connectivity index (χ4v) is 2.97. The van der Waals surface area contributed by atoms with Crippen molar-refractivity contribution in [2.24, 2.45) is 16.3 Å². The maximum Gasteiger partial charge on any atom is 0.156 e. The van der Waals surface area contributed by atoms with E-state index in [0.717, 1.165) is 30.6 Å². The lowest BCUT2D eigenvalue weighted by Gasteiger charge is -2.28. The van der Waals surface area contributed by atoms with Gasteiger partial charge in [0.05, 0.1) is 6.10 Å². The molecule has 4 heteroatoms. The predicted molar refractivity (Wildman–Crippen MR) is 70.1 cm³/mol. The molecule has 2 heterocycles. The van der Waals surface area contributed by atoms with Gasteiger partial charge in [-0.3, -0.25) is 4.99 Å². The topological polar surface area (TPSA) is 33.6 Å². The SMILES string of the molecule is CC1OCCC1CNC1=NCC(C)(C)CS1. The largest absolute Gasteiger partial charge is 0.378 e. The molecule has 1 saturated heterocycles. The van der Waals surface area contributed by atoms with Gasteiger partial charge in [-0.25, -0.2) is 0 Å². The summed E-state index contributed by atoms with van der Waals surface area (Å²) in [4.78, 5) is 4.60. The van der Waals surface area contributed by atoms with Gasteiger partial charge in [-0.15, -0.1) is 0 Å². The van der Waals surface area contributed by atoms with E-state index in [0.29, 0.717) is 17.4 Å². The molecule has 16 heavy (non-hydrogen) atoms. The van der Waals surface area contributed by atoms with E-state index in [1.165, 1.54) is 6.42 Å². The lowest BCUT2D eigenvalue weighted by atomic mass is 9.97. The number of hydrogen-bond donors (Lipinski definition) is 1. The Labute approximate surface area is 102 Å². The molecular formula is C12H22N2OS. The highest BCUT2D eigenvalue weighted by atomic mass is 32.2. The minimum Gasteiger partial charge on any atom is -0.378 e. The summed E-state index contributed by atoms with van der Waals surface area (Å²) < 4.78 is 5.55. The Kier molecular flexibility index (Phi) is 3.80. The molecule has 0 radical (unpaired) electrons. The fourth-order valence-electron chi connectivity index (χ4n) is 2.01. The van der Waals surface area contributed by atoms with Crippen molar-refractivity contribution in [3.8, 4) is 0 Å². The summed E-state index contributed by atoms with van der Waals surface area (Å²) in [6, 6.07) is 0. The zero-order valence-electron chi connectivity index (χ0n) is 10.5. The van der Waals surface area contributed by atoms with Crippen LogP contribution in [0.5, 0.6) is 0 Å². The van der Waals surface area contributed by atoms with Crippen LogP contribution in [0.1, 0.15) is 27.2 Å². The van der Waals surface area contributed by atoms with Crippen LogP contribution < -0.4 is 5.32 Å². The molecule has 1 fully saturated rings. The number of nitrogens with zero attached hydrogens (tertiary/aromatic N) is 1. The second kappa shape index (κ2) is 4.96. The van der Waals surface area contributed by atoms with Gasteiger partial charge < -0.3 is 10.1 Å². The molecule has 2 aliphatic heterocycles. The highest BCUT2D eigenvalue weighted by Gasteiger charge is 2.26. The van der Waals surface area contributed by atoms with E-state index in [1.54, 1.807) is 0 Å². The number of rotatable bonds is 2. The molecule has 2 atom stereocenters. The van der Waals surface area contributed by atoms with E-state index in [2.05, 4.69) is 31.1 Å². The smallest absolute Gasteiger partial charge is 0.156 e. The third-order valence-corrected chi connectivity index (χ3v) is 4.77. The minimum absolute atomic E-state index is 0.361. The van der Waals surface area contributed by atoms with Crippen molar-refractivity contribution < 1.29 is 4.74 Å². The highest BCUT2D eigenvalue weighted by Crippen LogP contribution is 2.27. The second-order valence-electron chi connectivity index (χ2n) is 5.58. The summed E-state index contributed by atoms with van der Waals surface area (Å²) in [6.45, 7) is 9.57. The first-order valence-electron chi connectivity index (χ1n) is 6.09. The number of ether oxygens (including phenoxy) is 1. The van der Waals surface area contributed by atoms with Crippen LogP contribution in [0, 0.1) is 11.3 Å². The Morgan fingerprint density at radius 3 is 2.94 bits per heavy atom. The van der Waals surface area contributed by atoms with Crippen LogP contribution >= 0.6 is 11.8 Å². The molecule has 0 spiro atoms. The van der Waals surface area contributed by atoms with Crippen molar-refractivity contribution in [3.63, 3.8) is 0 Å². The number of hydrogen-bond acceptors (Lipinski definition) is 4. The first kappa shape index (κ1) is 12.2. The van der Waals surface area contributed by atoms with Crippen molar-refractivity contribution in [2.45, 2.75) is 33.3 Å². The summed E-state index contributed by atoms with van der Waals surface area (Å²) in [5.74, 6) is 1.81. The quantitative estimate of drug-likeness (QED) is 0.805. The van der Waals surface area contributed by atoms with Gasteiger partial charge in [0.15, 0.2) is 5.17 Å². The summed E-state index contributed by atoms with van der Waals surface area (Å²) in [5, 5.41) is 4.59. The van der Waals surface area contributed by atoms with Crippen LogP contribution in [-0.4, -0.2) is 36.7 Å². The molecule has 0 saturated carbocycles. The van der Waals surface area contributed by atoms with E-state index >= 15 is 0 Å². The van der Waals surface area contributed by atoms with Crippen molar-refractivity contribution in [3.05, 3.63) is 0 Å². The average molecular weight is 242 g/mol. The third-order valence-electron chi connectivity index (χ3n) is 3.30. The number of thioether (sulfide) groups is 1. The molecule has 2 unspecified atom stereocenters. The van der Waals surface area contributed by atoms with E-state index < -0.39 is 0 Å². The molecule has 1 N–H and O–H groups in total. The summed E-state index contributed by atoms with van der Waals surface area (Å²) in [7, 11) is 0. The van der Waals surface area contributed by atoms with Gasteiger partial charge in [0.2, 0.25) is 0 Å². The molecular weight excluding hydrogens is 220 g/mol. The second-order valence-corrected chi connectivity index (χ2v) is 6.54. The molecule has 0 bridgehead atoms. The summed E-state index contributed by atoms with van der Waals surface area (Å²) in [5.41, 5.74) is 0.361. The molecule has 0 aromatic carbocycles. The van der Waals surface area contributed by atoms with Gasteiger partial charge in [0.25, 0.3) is 0 Å². The molecule has 0 aromatic rings. The highest BCUT2D eigenvalue weighted by molar-refractivity contribution is 8.13. The number of amidine groups is 1. The van der Waals surface area contributed by atoms with E-state index in [4.69, 9.17) is 4.74 Å². The Hall–Kier alpha value is -0.220. The standard InChI is InChI=1S/C12H22N2OS/c1-9-10(4-5-15-9)6-13-11-14-7-12(2,3)8-16-11/h9-10H,4-8H2,1-3H3,(H,13,14). The molecule has 2 rings (SSSR count). The fraction of sp³-hybridized carbons (Fsp3) is 0.917. The Morgan fingerprint density at radius 2 is 2.38 bits per heavy atom. The average Bonchev–Trinajstić information content (AvgIpc) is 2.63. The lowest BCUT2D eigenvalue weighted by Crippen LogP contribution is -2.35. The normalized spacial score (nSPS) is 33.6. The van der Waals surface area contributed by atoms with Gasteiger partial charge in [-0.2, -0.15) is 0 Å². The van der Waals surface area contributed by atoms with Crippen molar-refractivity contribution in [2.75, 3.05) is 25.4 Å². The maximum absolute atomic E-state index is 5.55. The van der Waals surface area contributed by atoms with Crippen LogP contribution in [0.3, 0.4) is 0 Å². The first-order valence-corrected chi connectivity index (χ1v) is 7.08. The Balaban J connectivity index is 1.76. The minimum atomic E-state index is 0.361. The summed E-state index contributed by atoms with van der Waals surface area (Å²) >= 11 is 1.85. The van der Waals surface area contributed by atoms with Crippen LogP contribution in [0.25, 0.3) is 0 Å². The van der Waals surface area contributed by atoms with Gasteiger partial charge in [-0.05, 0) is 18.8 Å². The predicted octanol–water partition coefficient (Wildman–Crippen LogP) is 2.13. The zero-order chi connectivity index (χ0) is 11.6. The number of aliphatic imine (C=N–C) groups is 1. The van der Waals surface area contributed by atoms with Crippen LogP contribution in [0.15, 0.2) is 4.99 Å². The van der Waals surface area contributed by atoms with Gasteiger partial charge in [0.1, 0.15) is 0 Å². The molecule has 92 valence electrons. The van der Waals surface area contributed by atoms with E-state index in [1.807, 2.05) is 11.8 Å². The van der Waals surface area contributed by atoms with Gasteiger partial charge in [-0.1, -0.05) is 25.6 Å². The van der Waals surface area contributed by atoms with E-state index in [-0.39, 0.29) is 0 Å². The lowest BCUT2D eigenvalue weighted by molar-refractivity contribution is 0.106. The van der Waals surface area contributed by atoms with Gasteiger partial charge >= 0.3 is 0 Å². The van der Waals surface area contributed by atoms with Gasteiger partial charge in [0, 0.05) is 31.4 Å². The monoisotopic (exact) mass is 242 g/mol. The van der Waals surface area contributed by atoms with Crippen LogP contribution in [-0.2, 0) is 4.74 Å². The zero-order valence-corrected chi connectivity index (χ0v) is 11.3. The van der Waals surface area contributed by atoms with Crippen molar-refractivity contribution >= 4 is 16.9 Å². The summed E-state index contributed by atoms with van der Waals surface area (Å²) in [6.07, 6.45) is 1.58. The Morgan fingerprint density at radius 1 is 1.56 bits per heavy atom. The molecule has 0 amide bonds.